The van der Waals surface area contributed by atoms with Gasteiger partial charge in [0.1, 0.15) is 17.3 Å². The second-order valence-electron chi connectivity index (χ2n) is 4.93. The van der Waals surface area contributed by atoms with Crippen molar-refractivity contribution in [2.45, 2.75) is 31.8 Å². The number of carbonyl (C=O) groups is 2. The molecule has 2 rings (SSSR count). The smallest absolute Gasteiger partial charge is 0.169 e. The second-order valence-corrected chi connectivity index (χ2v) is 4.93. The van der Waals surface area contributed by atoms with Crippen LogP contribution in [0.25, 0.3) is 0 Å². The summed E-state index contributed by atoms with van der Waals surface area (Å²) < 4.78 is 0. The summed E-state index contributed by atoms with van der Waals surface area (Å²) in [6.45, 7) is 2.71. The lowest BCUT2D eigenvalue weighted by atomic mass is 9.70. The van der Waals surface area contributed by atoms with Crippen LogP contribution in [0.2, 0.25) is 0 Å². The molecular formula is C13H14O5. The van der Waals surface area contributed by atoms with Gasteiger partial charge in [0.2, 0.25) is 0 Å². The second kappa shape index (κ2) is 3.81. The summed E-state index contributed by atoms with van der Waals surface area (Å²) in [5.74, 6) is -2.30. The normalized spacial score (nSPS) is 26.8. The van der Waals surface area contributed by atoms with E-state index in [-0.39, 0.29) is 34.8 Å². The van der Waals surface area contributed by atoms with Crippen molar-refractivity contribution in [3.63, 3.8) is 0 Å². The van der Waals surface area contributed by atoms with E-state index in [0.29, 0.717) is 0 Å². The molecule has 1 aliphatic rings. The van der Waals surface area contributed by atoms with Crippen LogP contribution in [0.5, 0.6) is 11.5 Å². The highest BCUT2D eigenvalue weighted by Crippen LogP contribution is 2.44. The van der Waals surface area contributed by atoms with Gasteiger partial charge >= 0.3 is 0 Å². The molecule has 0 radical (unpaired) electrons. The average Bonchev–Trinajstić information content (AvgIpc) is 2.11. The number of fused-ring (bicyclic) bond motifs is 1. The van der Waals surface area contributed by atoms with Gasteiger partial charge in [0.15, 0.2) is 5.78 Å². The number of Topliss-reactive ketones (excluding diaryl/α,β-unsaturated/α-hetero) is 2. The Kier molecular flexibility index (Phi) is 2.66. The van der Waals surface area contributed by atoms with Crippen LogP contribution in [0.3, 0.4) is 0 Å². The predicted octanol–water partition coefficient (Wildman–Crippen LogP) is 1.11. The molecule has 1 aliphatic carbocycles. The Morgan fingerprint density at radius 3 is 2.56 bits per heavy atom. The molecule has 0 unspecified atom stereocenters. The van der Waals surface area contributed by atoms with Crippen molar-refractivity contribution < 1.29 is 24.9 Å². The van der Waals surface area contributed by atoms with Gasteiger partial charge in [0.25, 0.3) is 0 Å². The monoisotopic (exact) mass is 250 g/mol. The van der Waals surface area contributed by atoms with E-state index in [9.17, 15) is 24.9 Å². The number of carbonyl (C=O) groups excluding carboxylic acids is 2. The van der Waals surface area contributed by atoms with Gasteiger partial charge in [-0.2, -0.15) is 0 Å². The predicted molar refractivity (Wildman–Crippen MR) is 62.8 cm³/mol. The third-order valence-electron chi connectivity index (χ3n) is 3.27. The van der Waals surface area contributed by atoms with Crippen LogP contribution in [0.15, 0.2) is 12.1 Å². The van der Waals surface area contributed by atoms with Gasteiger partial charge in [-0.3, -0.25) is 9.59 Å². The first kappa shape index (κ1) is 12.6. The summed E-state index contributed by atoms with van der Waals surface area (Å²) in [5, 5.41) is 29.4. The standard InChI is InChI=1S/C13H14O5/c1-6(14)12-8-3-7(15)4-9(16)11(8)10(17)5-13(12,2)18/h3-4,12,15-16,18H,5H2,1-2H3/t12-,13+/m1/s1. The maximum atomic E-state index is 11.9. The number of aromatic hydroxyl groups is 2. The summed E-state index contributed by atoms with van der Waals surface area (Å²) in [6.07, 6.45) is -0.234. The number of phenolic OH excluding ortho intramolecular Hbond substituents is 2. The molecule has 18 heavy (non-hydrogen) atoms. The van der Waals surface area contributed by atoms with Crippen LogP contribution in [0.1, 0.15) is 42.1 Å². The van der Waals surface area contributed by atoms with E-state index in [2.05, 4.69) is 0 Å². The lowest BCUT2D eigenvalue weighted by Gasteiger charge is -2.36. The van der Waals surface area contributed by atoms with E-state index >= 15 is 0 Å². The Bertz CT molecular complexity index is 545. The molecule has 5 heteroatoms. The van der Waals surface area contributed by atoms with Crippen LogP contribution >= 0.6 is 0 Å². The van der Waals surface area contributed by atoms with E-state index in [1.54, 1.807) is 0 Å². The molecule has 2 atom stereocenters. The quantitative estimate of drug-likeness (QED) is 0.694. The highest BCUT2D eigenvalue weighted by atomic mass is 16.3. The SMILES string of the molecule is CC(=O)[C@@H]1c2cc(O)cc(O)c2C(=O)C[C@]1(C)O. The summed E-state index contributed by atoms with van der Waals surface area (Å²) in [5.41, 5.74) is -1.31. The lowest BCUT2D eigenvalue weighted by molar-refractivity contribution is -0.124. The Balaban J connectivity index is 2.75. The van der Waals surface area contributed by atoms with Gasteiger partial charge in [0, 0.05) is 12.5 Å². The van der Waals surface area contributed by atoms with Crippen LogP contribution in [-0.2, 0) is 4.79 Å². The zero-order chi connectivity index (χ0) is 13.7. The Morgan fingerprint density at radius 1 is 1.39 bits per heavy atom. The molecule has 1 aromatic rings. The fourth-order valence-electron chi connectivity index (χ4n) is 2.67. The maximum Gasteiger partial charge on any atom is 0.169 e. The van der Waals surface area contributed by atoms with Crippen molar-refractivity contribution in [2.75, 3.05) is 0 Å². The third kappa shape index (κ3) is 1.76. The van der Waals surface area contributed by atoms with Gasteiger partial charge in [-0.15, -0.1) is 0 Å². The lowest BCUT2D eigenvalue weighted by Crippen LogP contribution is -2.43. The Labute approximate surface area is 104 Å². The highest BCUT2D eigenvalue weighted by molar-refractivity contribution is 6.05. The Morgan fingerprint density at radius 2 is 2.00 bits per heavy atom. The highest BCUT2D eigenvalue weighted by Gasteiger charge is 2.45. The van der Waals surface area contributed by atoms with E-state index in [0.717, 1.165) is 6.07 Å². The minimum Gasteiger partial charge on any atom is -0.508 e. The van der Waals surface area contributed by atoms with Gasteiger partial charge in [-0.05, 0) is 25.5 Å². The van der Waals surface area contributed by atoms with Gasteiger partial charge < -0.3 is 15.3 Å². The number of aliphatic hydroxyl groups is 1. The summed E-state index contributed by atoms with van der Waals surface area (Å²) in [4.78, 5) is 23.6. The molecule has 0 fully saturated rings. The maximum absolute atomic E-state index is 11.9. The molecule has 3 N–H and O–H groups in total. The fourth-order valence-corrected chi connectivity index (χ4v) is 2.67. The van der Waals surface area contributed by atoms with Crippen molar-refractivity contribution >= 4 is 11.6 Å². The van der Waals surface area contributed by atoms with Gasteiger partial charge in [-0.1, -0.05) is 0 Å². The molecule has 0 heterocycles. The van der Waals surface area contributed by atoms with Crippen LogP contribution in [0, 0.1) is 0 Å². The van der Waals surface area contributed by atoms with Crippen LogP contribution in [0.4, 0.5) is 0 Å². The number of ketones is 2. The van der Waals surface area contributed by atoms with Gasteiger partial charge in [0.05, 0.1) is 17.1 Å². The topological polar surface area (TPSA) is 94.8 Å². The third-order valence-corrected chi connectivity index (χ3v) is 3.27. The minimum atomic E-state index is -1.50. The molecule has 0 aliphatic heterocycles. The molecule has 96 valence electrons. The zero-order valence-electron chi connectivity index (χ0n) is 10.1. The number of hydrogen-bond donors (Lipinski definition) is 3. The van der Waals surface area contributed by atoms with Gasteiger partial charge in [-0.25, -0.2) is 0 Å². The molecule has 0 amide bonds. The average molecular weight is 250 g/mol. The summed E-state index contributed by atoms with van der Waals surface area (Å²) >= 11 is 0. The van der Waals surface area contributed by atoms with Crippen molar-refractivity contribution in [3.8, 4) is 11.5 Å². The van der Waals surface area contributed by atoms with E-state index in [1.165, 1.54) is 19.9 Å². The first-order valence-electron chi connectivity index (χ1n) is 5.56. The van der Waals surface area contributed by atoms with Crippen molar-refractivity contribution in [1.29, 1.82) is 0 Å². The van der Waals surface area contributed by atoms with Crippen molar-refractivity contribution in [3.05, 3.63) is 23.3 Å². The molecule has 0 bridgehead atoms. The fraction of sp³-hybridized carbons (Fsp3) is 0.385. The zero-order valence-corrected chi connectivity index (χ0v) is 10.1. The van der Waals surface area contributed by atoms with Crippen LogP contribution < -0.4 is 0 Å². The largest absolute Gasteiger partial charge is 0.508 e. The van der Waals surface area contributed by atoms with Crippen molar-refractivity contribution in [2.24, 2.45) is 0 Å². The Hall–Kier alpha value is -1.88. The number of benzene rings is 1. The molecule has 5 nitrogen and oxygen atoms in total. The summed E-state index contributed by atoms with van der Waals surface area (Å²) in [6, 6.07) is 2.29. The van der Waals surface area contributed by atoms with E-state index in [1.807, 2.05) is 0 Å². The first-order valence-corrected chi connectivity index (χ1v) is 5.56. The van der Waals surface area contributed by atoms with Crippen molar-refractivity contribution in [1.82, 2.24) is 0 Å². The molecule has 0 aromatic heterocycles. The number of phenols is 2. The number of rotatable bonds is 1. The molecule has 1 aromatic carbocycles. The van der Waals surface area contributed by atoms with E-state index in [4.69, 9.17) is 0 Å². The minimum absolute atomic E-state index is 0.0134. The molecule has 0 saturated carbocycles. The van der Waals surface area contributed by atoms with Crippen LogP contribution in [-0.4, -0.2) is 32.5 Å². The van der Waals surface area contributed by atoms with E-state index < -0.39 is 17.3 Å². The summed E-state index contributed by atoms with van der Waals surface area (Å²) in [7, 11) is 0. The molecule has 0 spiro atoms. The molecule has 0 saturated heterocycles. The first-order chi connectivity index (χ1) is 8.24. The number of hydrogen-bond acceptors (Lipinski definition) is 5. The molecular weight excluding hydrogens is 236 g/mol.